The van der Waals surface area contributed by atoms with Gasteiger partial charge in [0.05, 0.1) is 5.60 Å². The Kier molecular flexibility index (Phi) is 4.10. The van der Waals surface area contributed by atoms with Crippen LogP contribution >= 0.6 is 0 Å². The minimum Gasteiger partial charge on any atom is -0.376 e. The highest BCUT2D eigenvalue weighted by molar-refractivity contribution is 5.90. The smallest absolute Gasteiger partial charge is 0.319 e. The molecule has 1 aromatic rings. The van der Waals surface area contributed by atoms with Crippen LogP contribution in [0.1, 0.15) is 30.4 Å². The monoisotopic (exact) mass is 262 g/mol. The third-order valence-corrected chi connectivity index (χ3v) is 3.90. The summed E-state index contributed by atoms with van der Waals surface area (Å²) in [5.74, 6) is 0. The molecule has 4 heteroatoms. The predicted molar refractivity (Wildman–Crippen MR) is 76.5 cm³/mol. The van der Waals surface area contributed by atoms with E-state index < -0.39 is 0 Å². The van der Waals surface area contributed by atoms with Crippen LogP contribution in [-0.4, -0.2) is 25.3 Å². The van der Waals surface area contributed by atoms with E-state index >= 15 is 0 Å². The van der Waals surface area contributed by atoms with Crippen molar-refractivity contribution in [3.05, 3.63) is 29.3 Å². The number of aryl methyl sites for hydroxylation is 2. The summed E-state index contributed by atoms with van der Waals surface area (Å²) in [7, 11) is 1.71. The van der Waals surface area contributed by atoms with Gasteiger partial charge >= 0.3 is 6.03 Å². The minimum atomic E-state index is -0.171. The highest BCUT2D eigenvalue weighted by Crippen LogP contribution is 2.34. The fourth-order valence-electron chi connectivity index (χ4n) is 2.39. The number of benzene rings is 1. The van der Waals surface area contributed by atoms with Gasteiger partial charge in [-0.25, -0.2) is 4.79 Å². The topological polar surface area (TPSA) is 50.4 Å². The largest absolute Gasteiger partial charge is 0.376 e. The van der Waals surface area contributed by atoms with Crippen LogP contribution in [0.2, 0.25) is 0 Å². The average molecular weight is 262 g/mol. The van der Waals surface area contributed by atoms with Crippen molar-refractivity contribution >= 4 is 11.7 Å². The number of amides is 2. The van der Waals surface area contributed by atoms with Crippen LogP contribution in [0.5, 0.6) is 0 Å². The molecule has 1 aliphatic rings. The van der Waals surface area contributed by atoms with Gasteiger partial charge in [-0.05, 0) is 44.7 Å². The van der Waals surface area contributed by atoms with Gasteiger partial charge in [-0.2, -0.15) is 0 Å². The normalized spacial score (nSPS) is 16.6. The number of methoxy groups -OCH3 is 1. The summed E-state index contributed by atoms with van der Waals surface area (Å²) in [6, 6.07) is 5.80. The molecule has 2 N–H and O–H groups in total. The van der Waals surface area contributed by atoms with E-state index in [0.29, 0.717) is 6.54 Å². The van der Waals surface area contributed by atoms with Crippen molar-refractivity contribution in [1.82, 2.24) is 5.32 Å². The van der Waals surface area contributed by atoms with E-state index in [9.17, 15) is 4.79 Å². The van der Waals surface area contributed by atoms with Gasteiger partial charge in [-0.3, -0.25) is 0 Å². The summed E-state index contributed by atoms with van der Waals surface area (Å²) >= 11 is 0. The lowest BCUT2D eigenvalue weighted by atomic mass is 9.80. The van der Waals surface area contributed by atoms with Crippen molar-refractivity contribution in [2.24, 2.45) is 0 Å². The molecule has 19 heavy (non-hydrogen) atoms. The quantitative estimate of drug-likeness (QED) is 0.876. The van der Waals surface area contributed by atoms with E-state index in [-0.39, 0.29) is 11.6 Å². The third kappa shape index (κ3) is 3.26. The number of carbonyl (C=O) groups excluding carboxylic acids is 1. The van der Waals surface area contributed by atoms with Crippen LogP contribution in [0.25, 0.3) is 0 Å². The van der Waals surface area contributed by atoms with E-state index in [0.717, 1.165) is 24.1 Å². The molecule has 0 radical (unpaired) electrons. The Labute approximate surface area is 114 Å². The van der Waals surface area contributed by atoms with Crippen LogP contribution in [0.4, 0.5) is 10.5 Å². The molecule has 2 rings (SSSR count). The fourth-order valence-corrected chi connectivity index (χ4v) is 2.39. The summed E-state index contributed by atoms with van der Waals surface area (Å²) in [5.41, 5.74) is 2.97. The molecule has 1 aliphatic carbocycles. The highest BCUT2D eigenvalue weighted by Gasteiger charge is 2.37. The van der Waals surface area contributed by atoms with E-state index in [1.807, 2.05) is 26.0 Å². The molecule has 0 atom stereocenters. The predicted octanol–water partition coefficient (Wildman–Crippen LogP) is 2.99. The summed E-state index contributed by atoms with van der Waals surface area (Å²) in [6.07, 6.45) is 3.22. The molecule has 4 nitrogen and oxygen atoms in total. The summed E-state index contributed by atoms with van der Waals surface area (Å²) in [6.45, 7) is 4.60. The standard InChI is InChI=1S/C15H22N2O2/c1-11-5-6-13(12(2)9-11)17-14(18)16-10-15(19-3)7-4-8-15/h5-6,9H,4,7-8,10H2,1-3H3,(H2,16,17,18). The van der Waals surface area contributed by atoms with Gasteiger partial charge in [0, 0.05) is 19.3 Å². The van der Waals surface area contributed by atoms with Crippen molar-refractivity contribution in [2.45, 2.75) is 38.7 Å². The lowest BCUT2D eigenvalue weighted by Crippen LogP contribution is -2.50. The first-order valence-corrected chi connectivity index (χ1v) is 6.72. The molecule has 104 valence electrons. The molecule has 0 heterocycles. The molecule has 1 saturated carbocycles. The number of urea groups is 1. The molecule has 1 fully saturated rings. The molecule has 0 spiro atoms. The molecular formula is C15H22N2O2. The number of carbonyl (C=O) groups is 1. The Balaban J connectivity index is 1.87. The van der Waals surface area contributed by atoms with Gasteiger partial charge in [0.25, 0.3) is 0 Å². The first kappa shape index (κ1) is 13.9. The van der Waals surface area contributed by atoms with Crippen LogP contribution in [0.15, 0.2) is 18.2 Å². The second-order valence-corrected chi connectivity index (χ2v) is 5.37. The fraction of sp³-hybridized carbons (Fsp3) is 0.533. The molecule has 0 aliphatic heterocycles. The van der Waals surface area contributed by atoms with Gasteiger partial charge in [0.1, 0.15) is 0 Å². The number of anilines is 1. The first-order valence-electron chi connectivity index (χ1n) is 6.72. The minimum absolute atomic E-state index is 0.139. The van der Waals surface area contributed by atoms with Crippen molar-refractivity contribution in [2.75, 3.05) is 19.0 Å². The van der Waals surface area contributed by atoms with Gasteiger partial charge in [0.2, 0.25) is 0 Å². The Morgan fingerprint density at radius 3 is 2.63 bits per heavy atom. The zero-order valence-corrected chi connectivity index (χ0v) is 11.9. The third-order valence-electron chi connectivity index (χ3n) is 3.90. The maximum absolute atomic E-state index is 11.9. The van der Waals surface area contributed by atoms with Gasteiger partial charge in [-0.15, -0.1) is 0 Å². The Morgan fingerprint density at radius 1 is 1.37 bits per heavy atom. The van der Waals surface area contributed by atoms with E-state index in [2.05, 4.69) is 16.7 Å². The van der Waals surface area contributed by atoms with Gasteiger partial charge < -0.3 is 15.4 Å². The maximum atomic E-state index is 11.9. The molecule has 0 unspecified atom stereocenters. The molecule has 0 bridgehead atoms. The highest BCUT2D eigenvalue weighted by atomic mass is 16.5. The molecule has 1 aromatic carbocycles. The Morgan fingerprint density at radius 2 is 2.11 bits per heavy atom. The van der Waals surface area contributed by atoms with E-state index in [1.54, 1.807) is 7.11 Å². The SMILES string of the molecule is COC1(CNC(=O)Nc2ccc(C)cc2C)CCC1. The van der Waals surface area contributed by atoms with Gasteiger partial charge in [-0.1, -0.05) is 17.7 Å². The van der Waals surface area contributed by atoms with Crippen molar-refractivity contribution in [1.29, 1.82) is 0 Å². The van der Waals surface area contributed by atoms with Crippen LogP contribution in [-0.2, 0) is 4.74 Å². The number of nitrogens with one attached hydrogen (secondary N) is 2. The summed E-state index contributed by atoms with van der Waals surface area (Å²) in [5, 5.41) is 5.77. The Bertz CT molecular complexity index is 462. The number of rotatable bonds is 4. The molecule has 0 saturated heterocycles. The van der Waals surface area contributed by atoms with Crippen LogP contribution < -0.4 is 10.6 Å². The zero-order chi connectivity index (χ0) is 13.9. The Hall–Kier alpha value is -1.55. The van der Waals surface area contributed by atoms with Crippen molar-refractivity contribution in [3.63, 3.8) is 0 Å². The van der Waals surface area contributed by atoms with Crippen LogP contribution in [0.3, 0.4) is 0 Å². The maximum Gasteiger partial charge on any atom is 0.319 e. The van der Waals surface area contributed by atoms with E-state index in [4.69, 9.17) is 4.74 Å². The zero-order valence-electron chi connectivity index (χ0n) is 11.9. The first-order chi connectivity index (χ1) is 9.04. The molecule has 2 amide bonds. The average Bonchev–Trinajstić information content (AvgIpc) is 2.32. The summed E-state index contributed by atoms with van der Waals surface area (Å²) in [4.78, 5) is 11.9. The molecular weight excluding hydrogens is 240 g/mol. The lowest BCUT2D eigenvalue weighted by molar-refractivity contribution is -0.0671. The lowest BCUT2D eigenvalue weighted by Gasteiger charge is -2.40. The number of hydrogen-bond donors (Lipinski definition) is 2. The van der Waals surface area contributed by atoms with Crippen molar-refractivity contribution in [3.8, 4) is 0 Å². The molecule has 0 aromatic heterocycles. The van der Waals surface area contributed by atoms with Crippen LogP contribution in [0, 0.1) is 13.8 Å². The van der Waals surface area contributed by atoms with Crippen molar-refractivity contribution < 1.29 is 9.53 Å². The second kappa shape index (κ2) is 5.61. The van der Waals surface area contributed by atoms with E-state index in [1.165, 1.54) is 12.0 Å². The van der Waals surface area contributed by atoms with Gasteiger partial charge in [0.15, 0.2) is 0 Å². The number of ether oxygens (including phenoxy) is 1. The number of hydrogen-bond acceptors (Lipinski definition) is 2. The summed E-state index contributed by atoms with van der Waals surface area (Å²) < 4.78 is 5.47. The second-order valence-electron chi connectivity index (χ2n) is 5.37.